The quantitative estimate of drug-likeness (QED) is 0.605. The molecule has 2 aromatic rings. The molecule has 1 unspecified atom stereocenters. The molecule has 1 aliphatic heterocycles. The van der Waals surface area contributed by atoms with Crippen LogP contribution in [0.2, 0.25) is 0 Å². The maximum Gasteiger partial charge on any atom is 0.416 e. The Morgan fingerprint density at radius 2 is 1.76 bits per heavy atom. The smallest absolute Gasteiger partial charge is 0.336 e. The second-order valence-electron chi connectivity index (χ2n) is 8.53. The predicted octanol–water partition coefficient (Wildman–Crippen LogP) is 3.94. The van der Waals surface area contributed by atoms with Crippen LogP contribution in [0.5, 0.6) is 0 Å². The lowest BCUT2D eigenvalue weighted by atomic mass is 10.1. The first-order valence-electron chi connectivity index (χ1n) is 11.0. The number of rotatable bonds is 7. The molecular formula is C23H29F3N4O3S. The van der Waals surface area contributed by atoms with Crippen LogP contribution < -0.4 is 16.0 Å². The number of benzene rings is 2. The topological polar surface area (TPSA) is 95.7 Å². The van der Waals surface area contributed by atoms with E-state index in [1.807, 2.05) is 0 Å². The SMILES string of the molecule is CC(C)NC(=O)N(Cc1ccc(C(F)(F)F)cc1)c1ccc(S(=O)(=O)N2CCCC2CN)cc1. The summed E-state index contributed by atoms with van der Waals surface area (Å²) in [4.78, 5) is 14.3. The van der Waals surface area contributed by atoms with Crippen molar-refractivity contribution in [3.05, 3.63) is 59.7 Å². The zero-order chi connectivity index (χ0) is 25.1. The second-order valence-corrected chi connectivity index (χ2v) is 10.4. The van der Waals surface area contributed by atoms with Gasteiger partial charge in [-0.2, -0.15) is 17.5 Å². The van der Waals surface area contributed by atoms with Gasteiger partial charge in [0.05, 0.1) is 17.0 Å². The molecule has 1 heterocycles. The standard InChI is InChI=1S/C23H29F3N4O3S/c1-16(2)28-22(31)29(15-17-5-7-18(8-6-17)23(24,25)26)19-9-11-21(12-10-19)34(32,33)30-13-3-4-20(30)14-27/h5-12,16,20H,3-4,13-15,27H2,1-2H3,(H,28,31). The molecule has 0 spiro atoms. The molecule has 3 rings (SSSR count). The highest BCUT2D eigenvalue weighted by molar-refractivity contribution is 7.89. The minimum absolute atomic E-state index is 0.00413. The van der Waals surface area contributed by atoms with Crippen LogP contribution in [0.1, 0.15) is 37.8 Å². The molecule has 2 aromatic carbocycles. The molecule has 11 heteroatoms. The maximum atomic E-state index is 13.1. The largest absolute Gasteiger partial charge is 0.416 e. The van der Waals surface area contributed by atoms with E-state index >= 15 is 0 Å². The third-order valence-electron chi connectivity index (χ3n) is 5.63. The summed E-state index contributed by atoms with van der Waals surface area (Å²) >= 11 is 0. The Labute approximate surface area is 197 Å². The van der Waals surface area contributed by atoms with Crippen LogP contribution in [0.15, 0.2) is 53.4 Å². The van der Waals surface area contributed by atoms with Crippen molar-refractivity contribution >= 4 is 21.7 Å². The first-order chi connectivity index (χ1) is 15.9. The normalized spacial score (nSPS) is 17.2. The Balaban J connectivity index is 1.87. The molecule has 34 heavy (non-hydrogen) atoms. The van der Waals surface area contributed by atoms with Crippen LogP contribution in [0.25, 0.3) is 0 Å². The summed E-state index contributed by atoms with van der Waals surface area (Å²) in [5.74, 6) is 0. The number of sulfonamides is 1. The van der Waals surface area contributed by atoms with Gasteiger partial charge in [0.25, 0.3) is 0 Å². The van der Waals surface area contributed by atoms with E-state index in [4.69, 9.17) is 5.73 Å². The van der Waals surface area contributed by atoms with Crippen molar-refractivity contribution < 1.29 is 26.4 Å². The minimum atomic E-state index is -4.45. The molecule has 0 aliphatic carbocycles. The summed E-state index contributed by atoms with van der Waals surface area (Å²) < 4.78 is 66.2. The van der Waals surface area contributed by atoms with Gasteiger partial charge in [0, 0.05) is 30.9 Å². The fraction of sp³-hybridized carbons (Fsp3) is 0.435. The maximum absolute atomic E-state index is 13.1. The predicted molar refractivity (Wildman–Crippen MR) is 124 cm³/mol. The lowest BCUT2D eigenvalue weighted by Gasteiger charge is -2.26. The fourth-order valence-corrected chi connectivity index (χ4v) is 5.59. The highest BCUT2D eigenvalue weighted by atomic mass is 32.2. The first-order valence-corrected chi connectivity index (χ1v) is 12.4. The number of urea groups is 1. The molecule has 2 amide bonds. The van der Waals surface area contributed by atoms with E-state index in [1.165, 1.54) is 45.6 Å². The van der Waals surface area contributed by atoms with Crippen molar-refractivity contribution in [2.24, 2.45) is 5.73 Å². The van der Waals surface area contributed by atoms with Crippen LogP contribution in [0, 0.1) is 0 Å². The highest BCUT2D eigenvalue weighted by Gasteiger charge is 2.34. The summed E-state index contributed by atoms with van der Waals surface area (Å²) in [6, 6.07) is 9.60. The molecular weight excluding hydrogens is 469 g/mol. The summed E-state index contributed by atoms with van der Waals surface area (Å²) in [5.41, 5.74) is 5.85. The van der Waals surface area contributed by atoms with Crippen LogP contribution in [0.4, 0.5) is 23.7 Å². The number of nitrogens with two attached hydrogens (primary N) is 1. The number of amides is 2. The molecule has 1 aliphatic rings. The van der Waals surface area contributed by atoms with Crippen LogP contribution >= 0.6 is 0 Å². The summed E-state index contributed by atoms with van der Waals surface area (Å²) in [6.07, 6.45) is -2.99. The zero-order valence-corrected chi connectivity index (χ0v) is 19.9. The Morgan fingerprint density at radius 1 is 1.15 bits per heavy atom. The molecule has 0 aromatic heterocycles. The van der Waals surface area contributed by atoms with Gasteiger partial charge in [-0.3, -0.25) is 4.90 Å². The van der Waals surface area contributed by atoms with Gasteiger partial charge < -0.3 is 11.1 Å². The monoisotopic (exact) mass is 498 g/mol. The number of halogens is 3. The second kappa shape index (κ2) is 10.3. The number of nitrogens with one attached hydrogen (secondary N) is 1. The van der Waals surface area contributed by atoms with E-state index in [9.17, 15) is 26.4 Å². The van der Waals surface area contributed by atoms with Gasteiger partial charge >= 0.3 is 12.2 Å². The van der Waals surface area contributed by atoms with E-state index in [0.29, 0.717) is 24.2 Å². The van der Waals surface area contributed by atoms with E-state index in [0.717, 1.165) is 18.6 Å². The van der Waals surface area contributed by atoms with Crippen molar-refractivity contribution in [3.8, 4) is 0 Å². The van der Waals surface area contributed by atoms with E-state index < -0.39 is 27.8 Å². The van der Waals surface area contributed by atoms with E-state index in [2.05, 4.69) is 5.32 Å². The van der Waals surface area contributed by atoms with Gasteiger partial charge in [-0.1, -0.05) is 12.1 Å². The van der Waals surface area contributed by atoms with Crippen LogP contribution in [0.3, 0.4) is 0 Å². The molecule has 1 fully saturated rings. The minimum Gasteiger partial charge on any atom is -0.336 e. The van der Waals surface area contributed by atoms with Crippen molar-refractivity contribution in [1.29, 1.82) is 0 Å². The summed E-state index contributed by atoms with van der Waals surface area (Å²) in [5, 5.41) is 2.77. The molecule has 7 nitrogen and oxygen atoms in total. The number of hydrogen-bond donors (Lipinski definition) is 2. The summed E-state index contributed by atoms with van der Waals surface area (Å²) in [6.45, 7) is 4.22. The summed E-state index contributed by atoms with van der Waals surface area (Å²) in [7, 11) is -3.73. The van der Waals surface area contributed by atoms with E-state index in [1.54, 1.807) is 13.8 Å². The number of nitrogens with zero attached hydrogens (tertiary/aromatic N) is 2. The Kier molecular flexibility index (Phi) is 7.89. The van der Waals surface area contributed by atoms with Gasteiger partial charge in [0.2, 0.25) is 10.0 Å². The average molecular weight is 499 g/mol. The first kappa shape index (κ1) is 26.0. The average Bonchev–Trinajstić information content (AvgIpc) is 3.27. The lowest BCUT2D eigenvalue weighted by molar-refractivity contribution is -0.137. The van der Waals surface area contributed by atoms with Crippen LogP contribution in [-0.4, -0.2) is 43.9 Å². The van der Waals surface area contributed by atoms with E-state index in [-0.39, 0.29) is 30.1 Å². The highest BCUT2D eigenvalue weighted by Crippen LogP contribution is 2.30. The molecule has 1 saturated heterocycles. The van der Waals surface area contributed by atoms with Crippen LogP contribution in [-0.2, 0) is 22.7 Å². The van der Waals surface area contributed by atoms with Gasteiger partial charge in [0.1, 0.15) is 0 Å². The molecule has 1 atom stereocenters. The third-order valence-corrected chi connectivity index (χ3v) is 7.60. The van der Waals surface area contributed by atoms with Crippen molar-refractivity contribution in [2.75, 3.05) is 18.0 Å². The van der Waals surface area contributed by atoms with Crippen molar-refractivity contribution in [3.63, 3.8) is 0 Å². The molecule has 3 N–H and O–H groups in total. The third kappa shape index (κ3) is 5.89. The number of carbonyl (C=O) groups excluding carboxylic acids is 1. The molecule has 0 saturated carbocycles. The number of carbonyl (C=O) groups is 1. The van der Waals surface area contributed by atoms with Crippen molar-refractivity contribution in [1.82, 2.24) is 9.62 Å². The van der Waals surface area contributed by atoms with Crippen molar-refractivity contribution in [2.45, 2.75) is 56.4 Å². The fourth-order valence-electron chi connectivity index (χ4n) is 3.88. The van der Waals surface area contributed by atoms with Gasteiger partial charge in [-0.25, -0.2) is 13.2 Å². The Bertz CT molecular complexity index is 1090. The lowest BCUT2D eigenvalue weighted by Crippen LogP contribution is -2.42. The van der Waals surface area contributed by atoms with Gasteiger partial charge in [-0.05, 0) is 68.7 Å². The molecule has 186 valence electrons. The Morgan fingerprint density at radius 3 is 2.29 bits per heavy atom. The zero-order valence-electron chi connectivity index (χ0n) is 19.0. The number of hydrogen-bond acceptors (Lipinski definition) is 4. The van der Waals surface area contributed by atoms with Gasteiger partial charge in [-0.15, -0.1) is 0 Å². The molecule has 0 radical (unpaired) electrons. The number of alkyl halides is 3. The molecule has 0 bridgehead atoms. The number of anilines is 1. The Hall–Kier alpha value is -2.63. The van der Waals surface area contributed by atoms with Gasteiger partial charge in [0.15, 0.2) is 0 Å².